The van der Waals surface area contributed by atoms with Crippen molar-refractivity contribution >= 4 is 0 Å². The summed E-state index contributed by atoms with van der Waals surface area (Å²) in [6.45, 7) is 2.92. The quantitative estimate of drug-likeness (QED) is 0.212. The van der Waals surface area contributed by atoms with E-state index >= 15 is 0 Å². The summed E-state index contributed by atoms with van der Waals surface area (Å²) in [5.41, 5.74) is 2.74. The van der Waals surface area contributed by atoms with Crippen LogP contribution < -0.4 is 9.47 Å². The molecule has 0 unspecified atom stereocenters. The molecule has 180 valence electrons. The molecule has 0 fully saturated rings. The van der Waals surface area contributed by atoms with Crippen LogP contribution in [0, 0.1) is 12.3 Å². The minimum atomic E-state index is -0.205. The standard InChI is InChI=1S/C29H40O4/c1-3-5-6-7-8-9-10-11-12-13-18-32-28-16-14-25(15-17-28)23-33-29-26(21-30)19-24(4-2)20-27(29)22-31/h2,14-17,19-20,30-31H,3,5-13,18,21-23H2,1H3. The summed E-state index contributed by atoms with van der Waals surface area (Å²) in [4.78, 5) is 0. The van der Waals surface area contributed by atoms with Gasteiger partial charge in [0, 0.05) is 16.7 Å². The first kappa shape index (κ1) is 26.8. The Morgan fingerprint density at radius 2 is 1.30 bits per heavy atom. The van der Waals surface area contributed by atoms with Gasteiger partial charge in [0.1, 0.15) is 18.1 Å². The van der Waals surface area contributed by atoms with Crippen LogP contribution in [0.3, 0.4) is 0 Å². The highest BCUT2D eigenvalue weighted by atomic mass is 16.5. The molecular weight excluding hydrogens is 412 g/mol. The molecule has 0 heterocycles. The third kappa shape index (κ3) is 9.90. The van der Waals surface area contributed by atoms with E-state index < -0.39 is 0 Å². The molecule has 33 heavy (non-hydrogen) atoms. The second-order valence-corrected chi connectivity index (χ2v) is 8.55. The number of hydrogen-bond donors (Lipinski definition) is 2. The van der Waals surface area contributed by atoms with E-state index in [1.54, 1.807) is 12.1 Å². The Kier molecular flexibility index (Phi) is 13.1. The fourth-order valence-electron chi connectivity index (χ4n) is 3.87. The van der Waals surface area contributed by atoms with Gasteiger partial charge in [-0.2, -0.15) is 0 Å². The summed E-state index contributed by atoms with van der Waals surface area (Å²) in [7, 11) is 0. The zero-order valence-electron chi connectivity index (χ0n) is 20.2. The Morgan fingerprint density at radius 1 is 0.758 bits per heavy atom. The number of terminal acetylenes is 1. The van der Waals surface area contributed by atoms with Crippen LogP contribution in [0.5, 0.6) is 11.5 Å². The molecule has 0 saturated carbocycles. The molecule has 2 aromatic carbocycles. The van der Waals surface area contributed by atoms with Crippen molar-refractivity contribution in [3.63, 3.8) is 0 Å². The van der Waals surface area contributed by atoms with E-state index in [0.717, 1.165) is 24.3 Å². The Hall–Kier alpha value is -2.48. The Balaban J connectivity index is 1.68. The molecule has 4 heteroatoms. The molecule has 0 atom stereocenters. The first-order chi connectivity index (χ1) is 16.2. The van der Waals surface area contributed by atoms with Crippen molar-refractivity contribution in [2.24, 2.45) is 0 Å². The molecule has 0 bridgehead atoms. The molecule has 0 aliphatic carbocycles. The lowest BCUT2D eigenvalue weighted by Crippen LogP contribution is -2.04. The van der Waals surface area contributed by atoms with Crippen molar-refractivity contribution in [1.29, 1.82) is 0 Å². The van der Waals surface area contributed by atoms with Crippen molar-refractivity contribution in [2.45, 2.75) is 91.0 Å². The molecule has 2 aromatic rings. The minimum Gasteiger partial charge on any atom is -0.494 e. The summed E-state index contributed by atoms with van der Waals surface area (Å²) < 4.78 is 11.8. The number of rotatable bonds is 17. The maximum Gasteiger partial charge on any atom is 0.130 e. The van der Waals surface area contributed by atoms with Crippen molar-refractivity contribution < 1.29 is 19.7 Å². The Morgan fingerprint density at radius 3 is 1.82 bits per heavy atom. The van der Waals surface area contributed by atoms with E-state index in [4.69, 9.17) is 15.9 Å². The van der Waals surface area contributed by atoms with E-state index in [0.29, 0.717) is 29.0 Å². The number of aliphatic hydroxyl groups is 2. The summed E-state index contributed by atoms with van der Waals surface area (Å²) in [6, 6.07) is 11.3. The van der Waals surface area contributed by atoms with Gasteiger partial charge >= 0.3 is 0 Å². The lowest BCUT2D eigenvalue weighted by Gasteiger charge is -2.15. The van der Waals surface area contributed by atoms with E-state index in [-0.39, 0.29) is 13.2 Å². The highest BCUT2D eigenvalue weighted by molar-refractivity contribution is 5.49. The van der Waals surface area contributed by atoms with Gasteiger partial charge in [0.15, 0.2) is 0 Å². The van der Waals surface area contributed by atoms with Crippen molar-refractivity contribution in [3.8, 4) is 23.8 Å². The van der Waals surface area contributed by atoms with Gasteiger partial charge in [0.05, 0.1) is 19.8 Å². The predicted octanol–water partition coefficient (Wildman–Crippen LogP) is 6.53. The average Bonchev–Trinajstić information content (AvgIpc) is 2.86. The van der Waals surface area contributed by atoms with Crippen LogP contribution in [0.4, 0.5) is 0 Å². The number of benzene rings is 2. The van der Waals surface area contributed by atoms with Crippen molar-refractivity contribution in [1.82, 2.24) is 0 Å². The highest BCUT2D eigenvalue weighted by Crippen LogP contribution is 2.27. The summed E-state index contributed by atoms with van der Waals surface area (Å²) in [6.07, 6.45) is 18.6. The fourth-order valence-corrected chi connectivity index (χ4v) is 3.87. The first-order valence-corrected chi connectivity index (χ1v) is 12.4. The maximum absolute atomic E-state index is 9.65. The molecule has 0 saturated heterocycles. The lowest BCUT2D eigenvalue weighted by atomic mass is 10.0. The molecule has 0 radical (unpaired) electrons. The number of aliphatic hydroxyl groups excluding tert-OH is 2. The highest BCUT2D eigenvalue weighted by Gasteiger charge is 2.11. The van der Waals surface area contributed by atoms with E-state index in [1.807, 2.05) is 24.3 Å². The molecule has 0 aliphatic rings. The fraction of sp³-hybridized carbons (Fsp3) is 0.517. The predicted molar refractivity (Wildman–Crippen MR) is 134 cm³/mol. The third-order valence-electron chi connectivity index (χ3n) is 5.82. The van der Waals surface area contributed by atoms with Gasteiger partial charge in [0.25, 0.3) is 0 Å². The van der Waals surface area contributed by atoms with E-state index in [1.165, 1.54) is 57.8 Å². The molecule has 0 amide bonds. The largest absolute Gasteiger partial charge is 0.494 e. The van der Waals surface area contributed by atoms with Crippen molar-refractivity contribution in [2.75, 3.05) is 6.61 Å². The number of ether oxygens (including phenoxy) is 2. The molecule has 0 aromatic heterocycles. The maximum atomic E-state index is 9.65. The second kappa shape index (κ2) is 16.2. The zero-order valence-corrected chi connectivity index (χ0v) is 20.2. The molecule has 0 aliphatic heterocycles. The monoisotopic (exact) mass is 452 g/mol. The molecule has 2 rings (SSSR count). The summed E-state index contributed by atoms with van der Waals surface area (Å²) in [5.74, 6) is 3.88. The smallest absolute Gasteiger partial charge is 0.130 e. The van der Waals surface area contributed by atoms with Crippen LogP contribution in [0.25, 0.3) is 0 Å². The number of unbranched alkanes of at least 4 members (excludes halogenated alkanes) is 9. The van der Waals surface area contributed by atoms with Gasteiger partial charge in [-0.3, -0.25) is 0 Å². The normalized spacial score (nSPS) is 10.7. The van der Waals surface area contributed by atoms with Crippen LogP contribution in [0.2, 0.25) is 0 Å². The van der Waals surface area contributed by atoms with Gasteiger partial charge in [-0.1, -0.05) is 82.8 Å². The van der Waals surface area contributed by atoms with Crippen LogP contribution in [0.1, 0.15) is 93.4 Å². The van der Waals surface area contributed by atoms with Crippen molar-refractivity contribution in [3.05, 3.63) is 58.7 Å². The summed E-state index contributed by atoms with van der Waals surface area (Å²) >= 11 is 0. The third-order valence-corrected chi connectivity index (χ3v) is 5.82. The average molecular weight is 453 g/mol. The molecular formula is C29H40O4. The van der Waals surface area contributed by atoms with Crippen LogP contribution in [-0.4, -0.2) is 16.8 Å². The van der Waals surface area contributed by atoms with Crippen LogP contribution in [-0.2, 0) is 19.8 Å². The molecule has 4 nitrogen and oxygen atoms in total. The molecule has 0 spiro atoms. The summed E-state index contributed by atoms with van der Waals surface area (Å²) in [5, 5.41) is 19.3. The van der Waals surface area contributed by atoms with E-state index in [2.05, 4.69) is 12.8 Å². The van der Waals surface area contributed by atoms with Crippen LogP contribution in [0.15, 0.2) is 36.4 Å². The van der Waals surface area contributed by atoms with E-state index in [9.17, 15) is 10.2 Å². The minimum absolute atomic E-state index is 0.205. The number of hydrogen-bond acceptors (Lipinski definition) is 4. The zero-order chi connectivity index (χ0) is 23.7. The van der Waals surface area contributed by atoms with Gasteiger partial charge in [0.2, 0.25) is 0 Å². The molecule has 2 N–H and O–H groups in total. The Bertz CT molecular complexity index is 811. The van der Waals surface area contributed by atoms with Gasteiger partial charge in [-0.25, -0.2) is 0 Å². The topological polar surface area (TPSA) is 58.9 Å². The van der Waals surface area contributed by atoms with Crippen LogP contribution >= 0.6 is 0 Å². The first-order valence-electron chi connectivity index (χ1n) is 12.4. The second-order valence-electron chi connectivity index (χ2n) is 8.55. The van der Waals surface area contributed by atoms with Gasteiger partial charge in [-0.15, -0.1) is 6.42 Å². The van der Waals surface area contributed by atoms with Gasteiger partial charge < -0.3 is 19.7 Å². The SMILES string of the molecule is C#Cc1cc(CO)c(OCc2ccc(OCCCCCCCCCCCC)cc2)c(CO)c1. The Labute approximate surface area is 200 Å². The lowest BCUT2D eigenvalue weighted by molar-refractivity contribution is 0.242. The van der Waals surface area contributed by atoms with Gasteiger partial charge in [-0.05, 0) is 36.2 Å².